The molecule has 0 unspecified atom stereocenters. The first-order valence-corrected chi connectivity index (χ1v) is 5.31. The molecule has 18 heavy (non-hydrogen) atoms. The molecule has 0 saturated carbocycles. The smallest absolute Gasteiger partial charge is 0.341 e. The van der Waals surface area contributed by atoms with Crippen molar-refractivity contribution in [1.82, 2.24) is 4.90 Å². The zero-order valence-corrected chi connectivity index (χ0v) is 10.3. The standard InChI is InChI=1S/C13H15NO4/c1-14(2)7-11(8-15)10-3-5-12(6-4-10)18-9-13(16)17/h3-8H,9H2,1-2H3,(H,16,17). The van der Waals surface area contributed by atoms with Crippen LogP contribution in [0, 0.1) is 0 Å². The van der Waals surface area contributed by atoms with Crippen LogP contribution in [0.5, 0.6) is 5.75 Å². The van der Waals surface area contributed by atoms with E-state index in [9.17, 15) is 9.59 Å². The SMILES string of the molecule is CN(C)C=C(C=O)c1ccc(OCC(=O)O)cc1. The molecule has 5 heteroatoms. The molecule has 5 nitrogen and oxygen atoms in total. The van der Waals surface area contributed by atoms with Crippen molar-refractivity contribution in [3.05, 3.63) is 36.0 Å². The molecule has 0 bridgehead atoms. The Balaban J connectivity index is 2.81. The summed E-state index contributed by atoms with van der Waals surface area (Å²) < 4.78 is 5.00. The Morgan fingerprint density at radius 2 is 1.94 bits per heavy atom. The number of carboxylic acids is 1. The van der Waals surface area contributed by atoms with E-state index in [-0.39, 0.29) is 6.61 Å². The summed E-state index contributed by atoms with van der Waals surface area (Å²) >= 11 is 0. The van der Waals surface area contributed by atoms with Gasteiger partial charge in [-0.2, -0.15) is 0 Å². The van der Waals surface area contributed by atoms with E-state index >= 15 is 0 Å². The van der Waals surface area contributed by atoms with Crippen molar-refractivity contribution < 1.29 is 19.4 Å². The van der Waals surface area contributed by atoms with E-state index in [1.165, 1.54) is 0 Å². The summed E-state index contributed by atoms with van der Waals surface area (Å²) in [5.41, 5.74) is 1.30. The monoisotopic (exact) mass is 249 g/mol. The minimum atomic E-state index is -1.03. The van der Waals surface area contributed by atoms with Crippen LogP contribution in [0.4, 0.5) is 0 Å². The summed E-state index contributed by atoms with van der Waals surface area (Å²) in [6, 6.07) is 6.68. The van der Waals surface area contributed by atoms with Crippen LogP contribution in [0.3, 0.4) is 0 Å². The number of aldehydes is 1. The zero-order chi connectivity index (χ0) is 13.5. The molecule has 1 aromatic carbocycles. The van der Waals surface area contributed by atoms with Crippen molar-refractivity contribution in [2.24, 2.45) is 0 Å². The lowest BCUT2D eigenvalue weighted by Crippen LogP contribution is -2.09. The van der Waals surface area contributed by atoms with Gasteiger partial charge in [-0.15, -0.1) is 0 Å². The number of allylic oxidation sites excluding steroid dienone is 1. The van der Waals surface area contributed by atoms with E-state index in [4.69, 9.17) is 9.84 Å². The molecular formula is C13H15NO4. The molecule has 0 heterocycles. The summed E-state index contributed by atoms with van der Waals surface area (Å²) in [5, 5.41) is 8.47. The predicted octanol–water partition coefficient (Wildman–Crippen LogP) is 1.25. The topological polar surface area (TPSA) is 66.8 Å². The lowest BCUT2D eigenvalue weighted by molar-refractivity contribution is -0.139. The van der Waals surface area contributed by atoms with Crippen molar-refractivity contribution in [2.75, 3.05) is 20.7 Å². The van der Waals surface area contributed by atoms with Gasteiger partial charge >= 0.3 is 5.97 Å². The van der Waals surface area contributed by atoms with Crippen LogP contribution in [-0.2, 0) is 9.59 Å². The Hall–Kier alpha value is -2.30. The van der Waals surface area contributed by atoms with Gasteiger partial charge in [-0.3, -0.25) is 4.79 Å². The molecule has 0 aliphatic carbocycles. The van der Waals surface area contributed by atoms with Crippen LogP contribution in [0.25, 0.3) is 5.57 Å². The van der Waals surface area contributed by atoms with Gasteiger partial charge in [-0.1, -0.05) is 12.1 Å². The normalized spacial score (nSPS) is 10.9. The van der Waals surface area contributed by atoms with E-state index < -0.39 is 5.97 Å². The van der Waals surface area contributed by atoms with Crippen molar-refractivity contribution in [3.8, 4) is 5.75 Å². The van der Waals surface area contributed by atoms with Gasteiger partial charge in [0.15, 0.2) is 12.9 Å². The maximum atomic E-state index is 10.9. The Morgan fingerprint density at radius 1 is 1.33 bits per heavy atom. The van der Waals surface area contributed by atoms with Gasteiger partial charge in [0.25, 0.3) is 0 Å². The third kappa shape index (κ3) is 4.29. The second kappa shape index (κ2) is 6.44. The molecule has 0 fully saturated rings. The number of ether oxygens (including phenoxy) is 1. The number of carbonyl (C=O) groups excluding carboxylic acids is 1. The summed E-state index contributed by atoms with van der Waals surface area (Å²) in [4.78, 5) is 23.0. The van der Waals surface area contributed by atoms with Gasteiger partial charge in [0.1, 0.15) is 5.75 Å². The Bertz CT molecular complexity index is 449. The third-order valence-corrected chi connectivity index (χ3v) is 2.07. The zero-order valence-electron chi connectivity index (χ0n) is 10.3. The van der Waals surface area contributed by atoms with Crippen molar-refractivity contribution in [3.63, 3.8) is 0 Å². The van der Waals surface area contributed by atoms with E-state index in [0.29, 0.717) is 11.3 Å². The highest BCUT2D eigenvalue weighted by Crippen LogP contribution is 2.17. The fourth-order valence-electron chi connectivity index (χ4n) is 1.34. The second-order valence-electron chi connectivity index (χ2n) is 3.87. The summed E-state index contributed by atoms with van der Waals surface area (Å²) in [5.74, 6) is -0.573. The molecule has 0 aromatic heterocycles. The average molecular weight is 249 g/mol. The first-order valence-electron chi connectivity index (χ1n) is 5.31. The lowest BCUT2D eigenvalue weighted by Gasteiger charge is -2.08. The highest BCUT2D eigenvalue weighted by molar-refractivity contribution is 6.06. The van der Waals surface area contributed by atoms with E-state index in [1.54, 1.807) is 35.4 Å². The number of aliphatic carboxylic acids is 1. The molecule has 1 aromatic rings. The van der Waals surface area contributed by atoms with Crippen molar-refractivity contribution >= 4 is 17.8 Å². The molecular weight excluding hydrogens is 234 g/mol. The lowest BCUT2D eigenvalue weighted by atomic mass is 10.1. The van der Waals surface area contributed by atoms with Crippen molar-refractivity contribution in [1.29, 1.82) is 0 Å². The summed E-state index contributed by atoms with van der Waals surface area (Å²) in [6.07, 6.45) is 2.48. The largest absolute Gasteiger partial charge is 0.482 e. The number of carbonyl (C=O) groups is 2. The number of rotatable bonds is 6. The molecule has 96 valence electrons. The maximum Gasteiger partial charge on any atom is 0.341 e. The molecule has 1 N–H and O–H groups in total. The number of hydrogen-bond donors (Lipinski definition) is 1. The van der Waals surface area contributed by atoms with Crippen LogP contribution in [0.15, 0.2) is 30.5 Å². The van der Waals surface area contributed by atoms with Crippen molar-refractivity contribution in [2.45, 2.75) is 0 Å². The molecule has 0 saturated heterocycles. The maximum absolute atomic E-state index is 10.9. The van der Waals surface area contributed by atoms with E-state index in [0.717, 1.165) is 11.8 Å². The number of carboxylic acid groups (broad SMARTS) is 1. The highest BCUT2D eigenvalue weighted by Gasteiger charge is 2.03. The van der Waals surface area contributed by atoms with Crippen LogP contribution in [-0.4, -0.2) is 43.0 Å². The van der Waals surface area contributed by atoms with E-state index in [2.05, 4.69) is 0 Å². The Kier molecular flexibility index (Phi) is 4.92. The molecule has 0 radical (unpaired) electrons. The predicted molar refractivity (Wildman–Crippen MR) is 67.3 cm³/mol. The van der Waals surface area contributed by atoms with Crippen LogP contribution < -0.4 is 4.74 Å². The molecule has 0 aliphatic heterocycles. The molecule has 0 aliphatic rings. The van der Waals surface area contributed by atoms with Gasteiger partial charge in [-0.25, -0.2) is 4.79 Å². The van der Waals surface area contributed by atoms with Gasteiger partial charge in [0, 0.05) is 25.9 Å². The first kappa shape index (κ1) is 13.8. The minimum absolute atomic E-state index is 0.382. The van der Waals surface area contributed by atoms with Crippen LogP contribution >= 0.6 is 0 Å². The molecule has 1 rings (SSSR count). The quantitative estimate of drug-likeness (QED) is 0.607. The number of benzene rings is 1. The van der Waals surface area contributed by atoms with Gasteiger partial charge < -0.3 is 14.7 Å². The summed E-state index contributed by atoms with van der Waals surface area (Å²) in [6.45, 7) is -0.382. The Morgan fingerprint density at radius 3 is 2.39 bits per heavy atom. The van der Waals surface area contributed by atoms with Gasteiger partial charge in [0.05, 0.1) is 0 Å². The summed E-state index contributed by atoms with van der Waals surface area (Å²) in [7, 11) is 3.65. The van der Waals surface area contributed by atoms with Gasteiger partial charge in [0.2, 0.25) is 0 Å². The van der Waals surface area contributed by atoms with Crippen LogP contribution in [0.1, 0.15) is 5.56 Å². The second-order valence-corrected chi connectivity index (χ2v) is 3.87. The fourth-order valence-corrected chi connectivity index (χ4v) is 1.34. The number of nitrogens with zero attached hydrogens (tertiary/aromatic N) is 1. The Labute approximate surface area is 105 Å². The third-order valence-electron chi connectivity index (χ3n) is 2.07. The molecule has 0 spiro atoms. The van der Waals surface area contributed by atoms with Crippen LogP contribution in [0.2, 0.25) is 0 Å². The molecule has 0 amide bonds. The minimum Gasteiger partial charge on any atom is -0.482 e. The first-order chi connectivity index (χ1) is 8.52. The fraction of sp³-hybridized carbons (Fsp3) is 0.231. The van der Waals surface area contributed by atoms with Gasteiger partial charge in [-0.05, 0) is 17.7 Å². The highest BCUT2D eigenvalue weighted by atomic mass is 16.5. The average Bonchev–Trinajstić information content (AvgIpc) is 2.34. The molecule has 0 atom stereocenters. The number of hydrogen-bond acceptors (Lipinski definition) is 4. The van der Waals surface area contributed by atoms with E-state index in [1.807, 2.05) is 14.1 Å².